The Kier molecular flexibility index (Phi) is 4.97. The highest BCUT2D eigenvalue weighted by molar-refractivity contribution is 5.61. The van der Waals surface area contributed by atoms with Crippen molar-refractivity contribution in [3.8, 4) is 0 Å². The maximum absolute atomic E-state index is 12.8. The Morgan fingerprint density at radius 2 is 1.96 bits per heavy atom. The summed E-state index contributed by atoms with van der Waals surface area (Å²) in [5, 5.41) is 13.0. The average molecular weight is 368 g/mol. The van der Waals surface area contributed by atoms with Crippen LogP contribution in [0.25, 0.3) is 5.57 Å². The van der Waals surface area contributed by atoms with E-state index in [0.29, 0.717) is 36.0 Å². The van der Waals surface area contributed by atoms with Crippen molar-refractivity contribution in [2.24, 2.45) is 5.92 Å². The van der Waals surface area contributed by atoms with Crippen LogP contribution in [-0.4, -0.2) is 31.8 Å². The van der Waals surface area contributed by atoms with E-state index >= 15 is 0 Å². The quantitative estimate of drug-likeness (QED) is 0.720. The van der Waals surface area contributed by atoms with E-state index in [-0.39, 0.29) is 24.1 Å². The summed E-state index contributed by atoms with van der Waals surface area (Å²) < 4.78 is 38.3. The van der Waals surface area contributed by atoms with Crippen molar-refractivity contribution in [1.82, 2.24) is 15.0 Å². The number of allylic oxidation sites excluding steroid dienone is 1. The van der Waals surface area contributed by atoms with Gasteiger partial charge in [0.25, 0.3) is 0 Å². The monoisotopic (exact) mass is 368 g/mol. The number of anilines is 1. The fraction of sp³-hybridized carbons (Fsp3) is 0.667. The van der Waals surface area contributed by atoms with Gasteiger partial charge in [-0.25, -0.2) is 4.98 Å². The van der Waals surface area contributed by atoms with Gasteiger partial charge < -0.3 is 10.4 Å². The molecule has 0 saturated heterocycles. The van der Waals surface area contributed by atoms with Crippen LogP contribution in [0.1, 0.15) is 64.0 Å². The van der Waals surface area contributed by atoms with Crippen LogP contribution in [0.3, 0.4) is 0 Å². The predicted molar refractivity (Wildman–Crippen MR) is 91.5 cm³/mol. The number of nitrogens with zero attached hydrogens (tertiary/aromatic N) is 3. The molecule has 2 aliphatic rings. The molecule has 0 unspecified atom stereocenters. The lowest BCUT2D eigenvalue weighted by atomic mass is 10.0. The molecular formula is C18H23F3N4O. The normalized spacial score (nSPS) is 20.2. The van der Waals surface area contributed by atoms with E-state index in [4.69, 9.17) is 0 Å². The number of halogens is 3. The summed E-state index contributed by atoms with van der Waals surface area (Å²) >= 11 is 0. The highest BCUT2D eigenvalue weighted by Gasteiger charge is 2.38. The van der Waals surface area contributed by atoms with Crippen LogP contribution < -0.4 is 5.32 Å². The number of aromatic nitrogens is 3. The molecule has 1 aromatic heterocycles. The molecule has 142 valence electrons. The zero-order chi connectivity index (χ0) is 18.9. The van der Waals surface area contributed by atoms with Gasteiger partial charge in [0.15, 0.2) is 5.82 Å². The lowest BCUT2D eigenvalue weighted by Gasteiger charge is -2.17. The third kappa shape index (κ3) is 4.75. The van der Waals surface area contributed by atoms with Crippen LogP contribution in [0, 0.1) is 5.92 Å². The predicted octanol–water partition coefficient (Wildman–Crippen LogP) is 4.58. The number of alkyl halides is 3. The van der Waals surface area contributed by atoms with Gasteiger partial charge in [-0.2, -0.15) is 23.1 Å². The van der Waals surface area contributed by atoms with E-state index in [0.717, 1.165) is 26.2 Å². The van der Waals surface area contributed by atoms with Gasteiger partial charge in [-0.1, -0.05) is 12.7 Å². The smallest absolute Gasteiger partial charge is 0.391 e. The molecular weight excluding hydrogens is 345 g/mol. The minimum atomic E-state index is -4.22. The largest absolute Gasteiger partial charge is 0.505 e. The first-order chi connectivity index (χ1) is 12.1. The highest BCUT2D eigenvalue weighted by atomic mass is 19.4. The van der Waals surface area contributed by atoms with E-state index in [2.05, 4.69) is 26.0 Å². The zero-order valence-corrected chi connectivity index (χ0v) is 14.9. The summed E-state index contributed by atoms with van der Waals surface area (Å²) in [4.78, 5) is 13.1. The molecule has 3 rings (SSSR count). The average Bonchev–Trinajstić information content (AvgIpc) is 3.28. The second-order valence-electron chi connectivity index (χ2n) is 7.47. The number of aliphatic hydroxyl groups excluding tert-OH is 1. The van der Waals surface area contributed by atoms with Crippen LogP contribution in [0.2, 0.25) is 0 Å². The molecule has 1 saturated carbocycles. The van der Waals surface area contributed by atoms with Gasteiger partial charge in [0.1, 0.15) is 11.6 Å². The Labute approximate surface area is 150 Å². The Morgan fingerprint density at radius 3 is 2.58 bits per heavy atom. The van der Waals surface area contributed by atoms with E-state index in [9.17, 15) is 18.3 Å². The van der Waals surface area contributed by atoms with Crippen LogP contribution in [0.5, 0.6) is 0 Å². The summed E-state index contributed by atoms with van der Waals surface area (Å²) in [5.41, 5.74) is 3.49. The highest BCUT2D eigenvalue weighted by Crippen LogP contribution is 2.37. The van der Waals surface area contributed by atoms with Crippen LogP contribution >= 0.6 is 0 Å². The first-order valence-corrected chi connectivity index (χ1v) is 8.92. The third-order valence-corrected chi connectivity index (χ3v) is 4.86. The van der Waals surface area contributed by atoms with Crippen molar-refractivity contribution in [2.45, 2.75) is 70.5 Å². The van der Waals surface area contributed by atoms with Gasteiger partial charge in [-0.05, 0) is 39.0 Å². The van der Waals surface area contributed by atoms with Gasteiger partial charge in [0.2, 0.25) is 5.95 Å². The fourth-order valence-corrected chi connectivity index (χ4v) is 2.71. The molecule has 2 aliphatic carbocycles. The molecule has 26 heavy (non-hydrogen) atoms. The number of aliphatic hydroxyl groups is 1. The Hall–Kier alpha value is -2.08. The number of nitrogens with one attached hydrogen (secondary N) is 1. The molecule has 0 radical (unpaired) electrons. The fourth-order valence-electron chi connectivity index (χ4n) is 2.71. The zero-order valence-electron chi connectivity index (χ0n) is 14.9. The minimum Gasteiger partial charge on any atom is -0.505 e. The van der Waals surface area contributed by atoms with E-state index < -0.39 is 12.1 Å². The number of aryl methyl sites for hydroxylation is 1. The number of rotatable bonds is 6. The van der Waals surface area contributed by atoms with Crippen LogP contribution in [0.4, 0.5) is 19.1 Å². The SMILES string of the molecule is C[C@@H](CCc1nc(NC2(C)CC2)nc(C2=C=C(O)CCC2)n1)C(F)(F)F. The Balaban J connectivity index is 1.87. The van der Waals surface area contributed by atoms with Crippen molar-refractivity contribution in [2.75, 3.05) is 5.32 Å². The molecule has 1 heterocycles. The molecule has 0 bridgehead atoms. The molecule has 2 N–H and O–H groups in total. The molecule has 1 fully saturated rings. The molecule has 8 heteroatoms. The lowest BCUT2D eigenvalue weighted by Crippen LogP contribution is -2.22. The molecule has 0 aliphatic heterocycles. The van der Waals surface area contributed by atoms with Gasteiger partial charge in [-0.3, -0.25) is 0 Å². The first kappa shape index (κ1) is 18.7. The van der Waals surface area contributed by atoms with Crippen LogP contribution in [-0.2, 0) is 6.42 Å². The number of hydrogen-bond donors (Lipinski definition) is 2. The molecule has 5 nitrogen and oxygen atoms in total. The van der Waals surface area contributed by atoms with E-state index in [1.165, 1.54) is 0 Å². The van der Waals surface area contributed by atoms with Gasteiger partial charge >= 0.3 is 6.18 Å². The standard InChI is InChI=1S/C18H23F3N4O/c1-11(18(19,20)21)6-7-14-22-15(12-4-3-5-13(26)10-12)24-16(23-14)25-17(2)8-9-17/h11,26H,3-9H2,1-2H3,(H,22,23,24,25)/t11-/m0/s1. The summed E-state index contributed by atoms with van der Waals surface area (Å²) in [6.07, 6.45) is -0.194. The van der Waals surface area contributed by atoms with Crippen molar-refractivity contribution >= 4 is 11.5 Å². The summed E-state index contributed by atoms with van der Waals surface area (Å²) in [7, 11) is 0. The Bertz CT molecular complexity index is 749. The van der Waals surface area contributed by atoms with Gasteiger partial charge in [-0.15, -0.1) is 0 Å². The van der Waals surface area contributed by atoms with E-state index in [1.54, 1.807) is 0 Å². The summed E-state index contributed by atoms with van der Waals surface area (Å²) in [5.74, 6) is -0.172. The topological polar surface area (TPSA) is 70.9 Å². The summed E-state index contributed by atoms with van der Waals surface area (Å²) in [6.45, 7) is 3.21. The van der Waals surface area contributed by atoms with Gasteiger partial charge in [0, 0.05) is 24.0 Å². The second kappa shape index (κ2) is 6.91. The van der Waals surface area contributed by atoms with Crippen molar-refractivity contribution in [3.63, 3.8) is 0 Å². The maximum atomic E-state index is 12.8. The van der Waals surface area contributed by atoms with Gasteiger partial charge in [0.05, 0.1) is 5.92 Å². The lowest BCUT2D eigenvalue weighted by molar-refractivity contribution is -0.171. The molecule has 1 atom stereocenters. The first-order valence-electron chi connectivity index (χ1n) is 8.92. The Morgan fingerprint density at radius 1 is 1.23 bits per heavy atom. The number of hydrogen-bond acceptors (Lipinski definition) is 5. The second-order valence-corrected chi connectivity index (χ2v) is 7.47. The molecule has 0 spiro atoms. The minimum absolute atomic E-state index is 0.0614. The molecule has 0 aromatic carbocycles. The molecule has 0 amide bonds. The summed E-state index contributed by atoms with van der Waals surface area (Å²) in [6, 6.07) is 0. The van der Waals surface area contributed by atoms with Crippen LogP contribution in [0.15, 0.2) is 11.5 Å². The van der Waals surface area contributed by atoms with E-state index in [1.807, 2.05) is 6.92 Å². The van der Waals surface area contributed by atoms with Crippen molar-refractivity contribution < 1.29 is 18.3 Å². The molecule has 1 aromatic rings. The third-order valence-electron chi connectivity index (χ3n) is 4.86. The maximum Gasteiger partial charge on any atom is 0.391 e. The van der Waals surface area contributed by atoms with Crippen molar-refractivity contribution in [1.29, 1.82) is 0 Å². The van der Waals surface area contributed by atoms with Crippen molar-refractivity contribution in [3.05, 3.63) is 23.1 Å².